The van der Waals surface area contributed by atoms with Crippen molar-refractivity contribution >= 4 is 52.2 Å². The van der Waals surface area contributed by atoms with Crippen LogP contribution in [0.1, 0.15) is 12.5 Å². The van der Waals surface area contributed by atoms with Crippen molar-refractivity contribution in [1.82, 2.24) is 4.90 Å². The lowest BCUT2D eigenvalue weighted by atomic mass is 10.2. The number of rotatable bonds is 7. The maximum Gasteiger partial charge on any atom is 0.294 e. The molecule has 2 aromatic carbocycles. The molecule has 1 fully saturated rings. The summed E-state index contributed by atoms with van der Waals surface area (Å²) < 4.78 is 10.7. The standard InChI is InChI=1S/C21H19ClN2O5S/c1-3-29-16-9-8-14(22)10-13(16)11-18-20(26)24(21(27)30-18)12-19(25)23-15-6-4-5-7-17(15)28-2/h4-11H,3,12H2,1-2H3,(H,23,25)/b18-11+. The second-order valence-corrected chi connectivity index (χ2v) is 7.56. The third kappa shape index (κ3) is 4.95. The lowest BCUT2D eigenvalue weighted by Gasteiger charge is -2.14. The van der Waals surface area contributed by atoms with E-state index >= 15 is 0 Å². The summed E-state index contributed by atoms with van der Waals surface area (Å²) in [6.45, 7) is 1.87. The number of carbonyl (C=O) groups is 3. The summed E-state index contributed by atoms with van der Waals surface area (Å²) >= 11 is 6.81. The summed E-state index contributed by atoms with van der Waals surface area (Å²) in [5, 5.41) is 2.60. The Labute approximate surface area is 183 Å². The first-order valence-corrected chi connectivity index (χ1v) is 10.2. The number of amides is 3. The molecule has 2 aromatic rings. The van der Waals surface area contributed by atoms with Gasteiger partial charge in [0.15, 0.2) is 0 Å². The Balaban J connectivity index is 1.76. The van der Waals surface area contributed by atoms with Crippen molar-refractivity contribution in [3.63, 3.8) is 0 Å². The molecular formula is C21H19ClN2O5S. The largest absolute Gasteiger partial charge is 0.495 e. The number of benzene rings is 2. The Morgan fingerprint density at radius 1 is 1.20 bits per heavy atom. The monoisotopic (exact) mass is 446 g/mol. The normalized spacial score (nSPS) is 14.9. The number of anilines is 1. The number of nitrogens with zero attached hydrogens (tertiary/aromatic N) is 1. The van der Waals surface area contributed by atoms with Crippen molar-refractivity contribution in [1.29, 1.82) is 0 Å². The average Bonchev–Trinajstić information content (AvgIpc) is 2.98. The summed E-state index contributed by atoms with van der Waals surface area (Å²) in [5.74, 6) is -0.0460. The van der Waals surface area contributed by atoms with E-state index in [1.807, 2.05) is 6.92 Å². The first-order chi connectivity index (χ1) is 14.4. The van der Waals surface area contributed by atoms with Gasteiger partial charge in [-0.2, -0.15) is 0 Å². The van der Waals surface area contributed by atoms with Gasteiger partial charge in [0.2, 0.25) is 5.91 Å². The zero-order chi connectivity index (χ0) is 21.7. The van der Waals surface area contributed by atoms with Gasteiger partial charge in [-0.15, -0.1) is 0 Å². The zero-order valence-corrected chi connectivity index (χ0v) is 17.9. The molecule has 7 nitrogen and oxygen atoms in total. The lowest BCUT2D eigenvalue weighted by molar-refractivity contribution is -0.127. The van der Waals surface area contributed by atoms with Gasteiger partial charge < -0.3 is 14.8 Å². The number of hydrogen-bond acceptors (Lipinski definition) is 6. The molecule has 1 N–H and O–H groups in total. The minimum atomic E-state index is -0.553. The molecule has 0 radical (unpaired) electrons. The van der Waals surface area contributed by atoms with Gasteiger partial charge in [0, 0.05) is 10.6 Å². The molecule has 9 heteroatoms. The number of nitrogens with one attached hydrogen (secondary N) is 1. The second-order valence-electron chi connectivity index (χ2n) is 6.13. The molecule has 1 aliphatic heterocycles. The molecule has 0 atom stereocenters. The van der Waals surface area contributed by atoms with Crippen LogP contribution >= 0.6 is 23.4 Å². The first kappa shape index (κ1) is 21.7. The van der Waals surface area contributed by atoms with Crippen LogP contribution in [-0.4, -0.2) is 42.2 Å². The fourth-order valence-corrected chi connectivity index (χ4v) is 3.79. The Morgan fingerprint density at radius 3 is 2.70 bits per heavy atom. The number of halogens is 1. The van der Waals surface area contributed by atoms with Gasteiger partial charge in [-0.25, -0.2) is 0 Å². The Bertz CT molecular complexity index is 1020. The summed E-state index contributed by atoms with van der Waals surface area (Å²) in [4.78, 5) is 38.5. The molecule has 30 heavy (non-hydrogen) atoms. The van der Waals surface area contributed by atoms with Crippen LogP contribution in [0.2, 0.25) is 5.02 Å². The van der Waals surface area contributed by atoms with Crippen LogP contribution in [0.5, 0.6) is 11.5 Å². The van der Waals surface area contributed by atoms with Crippen molar-refractivity contribution in [2.45, 2.75) is 6.92 Å². The van der Waals surface area contributed by atoms with Gasteiger partial charge in [0.05, 0.1) is 24.3 Å². The van der Waals surface area contributed by atoms with E-state index in [4.69, 9.17) is 21.1 Å². The Hall–Kier alpha value is -2.97. The fraction of sp³-hybridized carbons (Fsp3) is 0.190. The minimum Gasteiger partial charge on any atom is -0.495 e. The highest BCUT2D eigenvalue weighted by Crippen LogP contribution is 2.35. The molecule has 3 rings (SSSR count). The van der Waals surface area contributed by atoms with E-state index < -0.39 is 23.6 Å². The first-order valence-electron chi connectivity index (χ1n) is 9.03. The summed E-state index contributed by atoms with van der Waals surface area (Å²) in [5.41, 5.74) is 1.03. The molecule has 3 amide bonds. The van der Waals surface area contributed by atoms with Crippen LogP contribution in [0.25, 0.3) is 6.08 Å². The maximum absolute atomic E-state index is 12.7. The third-order valence-corrected chi connectivity index (χ3v) is 5.26. The van der Waals surface area contributed by atoms with E-state index in [1.54, 1.807) is 48.5 Å². The summed E-state index contributed by atoms with van der Waals surface area (Å²) in [7, 11) is 1.48. The van der Waals surface area contributed by atoms with Gasteiger partial charge in [-0.1, -0.05) is 23.7 Å². The lowest BCUT2D eigenvalue weighted by Crippen LogP contribution is -2.36. The predicted molar refractivity (Wildman–Crippen MR) is 117 cm³/mol. The topological polar surface area (TPSA) is 84.9 Å². The second kappa shape index (κ2) is 9.69. The van der Waals surface area contributed by atoms with E-state index in [1.165, 1.54) is 7.11 Å². The van der Waals surface area contributed by atoms with E-state index in [0.29, 0.717) is 34.4 Å². The average molecular weight is 447 g/mol. The number of thioether (sulfide) groups is 1. The van der Waals surface area contributed by atoms with Crippen molar-refractivity contribution in [2.75, 3.05) is 25.6 Å². The molecule has 0 aromatic heterocycles. The zero-order valence-electron chi connectivity index (χ0n) is 16.3. The Kier molecular flexibility index (Phi) is 7.02. The highest BCUT2D eigenvalue weighted by atomic mass is 35.5. The quantitative estimate of drug-likeness (QED) is 0.633. The van der Waals surface area contributed by atoms with E-state index in [2.05, 4.69) is 5.32 Å². The van der Waals surface area contributed by atoms with Crippen molar-refractivity contribution in [3.05, 3.63) is 58.0 Å². The third-order valence-electron chi connectivity index (χ3n) is 4.11. The molecule has 0 spiro atoms. The number of ether oxygens (including phenoxy) is 2. The highest BCUT2D eigenvalue weighted by Gasteiger charge is 2.36. The fourth-order valence-electron chi connectivity index (χ4n) is 2.78. The van der Waals surface area contributed by atoms with Crippen LogP contribution in [0, 0.1) is 0 Å². The van der Waals surface area contributed by atoms with Gasteiger partial charge >= 0.3 is 0 Å². The molecule has 1 saturated heterocycles. The van der Waals surface area contributed by atoms with Gasteiger partial charge in [-0.3, -0.25) is 19.3 Å². The molecule has 0 unspecified atom stereocenters. The van der Waals surface area contributed by atoms with Crippen LogP contribution in [0.4, 0.5) is 10.5 Å². The van der Waals surface area contributed by atoms with Crippen LogP contribution in [0.15, 0.2) is 47.4 Å². The predicted octanol–water partition coefficient (Wildman–Crippen LogP) is 4.42. The number of para-hydroxylation sites is 2. The molecular weight excluding hydrogens is 428 g/mol. The Morgan fingerprint density at radius 2 is 1.97 bits per heavy atom. The van der Waals surface area contributed by atoms with Crippen molar-refractivity contribution in [2.24, 2.45) is 0 Å². The molecule has 1 heterocycles. The number of imide groups is 1. The number of carbonyl (C=O) groups excluding carboxylic acids is 3. The van der Waals surface area contributed by atoms with Gasteiger partial charge in [-0.05, 0) is 55.1 Å². The SMILES string of the molecule is CCOc1ccc(Cl)cc1/C=C1/SC(=O)N(CC(=O)Nc2ccccc2OC)C1=O. The summed E-state index contributed by atoms with van der Waals surface area (Å²) in [6, 6.07) is 11.9. The molecule has 0 bridgehead atoms. The number of methoxy groups -OCH3 is 1. The number of hydrogen-bond donors (Lipinski definition) is 1. The van der Waals surface area contributed by atoms with Crippen molar-refractivity contribution in [3.8, 4) is 11.5 Å². The molecule has 156 valence electrons. The van der Waals surface area contributed by atoms with Crippen molar-refractivity contribution < 1.29 is 23.9 Å². The maximum atomic E-state index is 12.7. The van der Waals surface area contributed by atoms with Gasteiger partial charge in [0.1, 0.15) is 18.0 Å². The van der Waals surface area contributed by atoms with Gasteiger partial charge in [0.25, 0.3) is 11.1 Å². The van der Waals surface area contributed by atoms with E-state index in [9.17, 15) is 14.4 Å². The van der Waals surface area contributed by atoms with E-state index in [0.717, 1.165) is 16.7 Å². The molecule has 0 saturated carbocycles. The van der Waals surface area contributed by atoms with Crippen LogP contribution in [-0.2, 0) is 9.59 Å². The highest BCUT2D eigenvalue weighted by molar-refractivity contribution is 8.18. The smallest absolute Gasteiger partial charge is 0.294 e. The minimum absolute atomic E-state index is 0.188. The molecule has 1 aliphatic rings. The van der Waals surface area contributed by atoms with Crippen LogP contribution in [0.3, 0.4) is 0 Å². The van der Waals surface area contributed by atoms with E-state index in [-0.39, 0.29) is 4.91 Å². The molecule has 0 aliphatic carbocycles. The van der Waals surface area contributed by atoms with Crippen LogP contribution < -0.4 is 14.8 Å². The summed E-state index contributed by atoms with van der Waals surface area (Å²) in [6.07, 6.45) is 1.54.